The van der Waals surface area contributed by atoms with Gasteiger partial charge < -0.3 is 0 Å². The minimum Gasteiger partial charge on any atom is -0.238 e. The lowest BCUT2D eigenvalue weighted by Crippen LogP contribution is -1.78. The Kier molecular flexibility index (Phi) is 1.68. The van der Waals surface area contributed by atoms with Gasteiger partial charge in [-0.05, 0) is 18.6 Å². The monoisotopic (exact) mass is 135 g/mol. The van der Waals surface area contributed by atoms with Gasteiger partial charge in [-0.3, -0.25) is 0 Å². The van der Waals surface area contributed by atoms with Crippen LogP contribution >= 0.6 is 0 Å². The highest BCUT2D eigenvalue weighted by atomic mass is 19.1. The predicted molar refractivity (Wildman–Crippen MR) is 37.4 cm³/mol. The molecule has 0 unspecified atom stereocenters. The molecule has 50 valence electrons. The maximum atomic E-state index is 12.6. The molecule has 0 amide bonds. The lowest BCUT2D eigenvalue weighted by atomic mass is 10.2. The van der Waals surface area contributed by atoms with Crippen molar-refractivity contribution in [3.8, 4) is 0 Å². The predicted octanol–water partition coefficient (Wildman–Crippen LogP) is 2.68. The number of rotatable bonds is 0. The van der Waals surface area contributed by atoms with E-state index in [1.54, 1.807) is 13.0 Å². The van der Waals surface area contributed by atoms with Crippen molar-refractivity contribution in [3.63, 3.8) is 0 Å². The quantitative estimate of drug-likeness (QED) is 0.482. The lowest BCUT2D eigenvalue weighted by molar-refractivity contribution is 0.619. The van der Waals surface area contributed by atoms with Crippen LogP contribution < -0.4 is 0 Å². The van der Waals surface area contributed by atoms with Crippen molar-refractivity contribution in [2.24, 2.45) is 0 Å². The first-order chi connectivity index (χ1) is 4.75. The molecule has 0 radical (unpaired) electrons. The molecule has 1 aromatic rings. The maximum Gasteiger partial charge on any atom is 0.193 e. The van der Waals surface area contributed by atoms with Crippen molar-refractivity contribution in [1.29, 1.82) is 0 Å². The molecule has 10 heavy (non-hydrogen) atoms. The molecule has 0 aliphatic rings. The van der Waals surface area contributed by atoms with E-state index in [2.05, 4.69) is 4.85 Å². The van der Waals surface area contributed by atoms with Gasteiger partial charge in [0.25, 0.3) is 0 Å². The Bertz CT molecular complexity index is 286. The summed E-state index contributed by atoms with van der Waals surface area (Å²) in [5, 5.41) is 0. The third-order valence-corrected chi connectivity index (χ3v) is 1.36. The summed E-state index contributed by atoms with van der Waals surface area (Å²) in [5.74, 6) is -0.312. The van der Waals surface area contributed by atoms with Crippen molar-refractivity contribution in [2.45, 2.75) is 6.92 Å². The minimum absolute atomic E-state index is 0.312. The number of hydrogen-bond donors (Lipinski definition) is 0. The summed E-state index contributed by atoms with van der Waals surface area (Å²) in [6, 6.07) is 4.49. The summed E-state index contributed by atoms with van der Waals surface area (Å²) in [4.78, 5) is 3.14. The number of hydrogen-bond acceptors (Lipinski definition) is 0. The molecule has 0 spiro atoms. The Morgan fingerprint density at radius 1 is 1.50 bits per heavy atom. The van der Waals surface area contributed by atoms with Crippen LogP contribution in [0.3, 0.4) is 0 Å². The standard InChI is InChI=1S/C8H6FN/c1-6-7(9)4-3-5-8(6)10-2/h3-5H,1H3. The summed E-state index contributed by atoms with van der Waals surface area (Å²) < 4.78 is 12.6. The third kappa shape index (κ3) is 0.985. The van der Waals surface area contributed by atoms with E-state index in [1.807, 2.05) is 0 Å². The van der Waals surface area contributed by atoms with Gasteiger partial charge in [0.1, 0.15) is 5.82 Å². The molecular formula is C8H6FN. The van der Waals surface area contributed by atoms with Crippen LogP contribution in [0.1, 0.15) is 5.56 Å². The fraction of sp³-hybridized carbons (Fsp3) is 0.125. The van der Waals surface area contributed by atoms with E-state index in [4.69, 9.17) is 6.57 Å². The maximum absolute atomic E-state index is 12.6. The van der Waals surface area contributed by atoms with Gasteiger partial charge in [-0.2, -0.15) is 0 Å². The van der Waals surface area contributed by atoms with Crippen LogP contribution in [0.15, 0.2) is 18.2 Å². The van der Waals surface area contributed by atoms with Gasteiger partial charge in [0.2, 0.25) is 0 Å². The second-order valence-electron chi connectivity index (χ2n) is 2.00. The summed E-state index contributed by atoms with van der Waals surface area (Å²) in [5.41, 5.74) is 0.817. The summed E-state index contributed by atoms with van der Waals surface area (Å²) in [7, 11) is 0. The molecule has 0 N–H and O–H groups in total. The Balaban J connectivity index is 3.31. The Morgan fingerprint density at radius 2 is 2.20 bits per heavy atom. The molecule has 1 nitrogen and oxygen atoms in total. The Labute approximate surface area is 58.9 Å². The molecule has 0 atom stereocenters. The number of benzene rings is 1. The van der Waals surface area contributed by atoms with E-state index in [1.165, 1.54) is 12.1 Å². The first-order valence-electron chi connectivity index (χ1n) is 2.88. The van der Waals surface area contributed by atoms with Crippen molar-refractivity contribution in [2.75, 3.05) is 0 Å². The van der Waals surface area contributed by atoms with Gasteiger partial charge in [-0.25, -0.2) is 9.24 Å². The van der Waals surface area contributed by atoms with E-state index >= 15 is 0 Å². The molecule has 0 aromatic heterocycles. The molecule has 0 aliphatic carbocycles. The van der Waals surface area contributed by atoms with Crippen LogP contribution in [0.2, 0.25) is 0 Å². The SMILES string of the molecule is [C-]#[N+]c1cccc(F)c1C. The van der Waals surface area contributed by atoms with E-state index in [9.17, 15) is 4.39 Å². The fourth-order valence-corrected chi connectivity index (χ4v) is 0.717. The molecule has 0 saturated heterocycles. The average Bonchev–Trinajstić information content (AvgIpc) is 1.95. The van der Waals surface area contributed by atoms with Crippen LogP contribution in [-0.2, 0) is 0 Å². The molecule has 1 rings (SSSR count). The Morgan fingerprint density at radius 3 is 2.70 bits per heavy atom. The highest BCUT2D eigenvalue weighted by Crippen LogP contribution is 2.19. The number of nitrogens with zero attached hydrogens (tertiary/aromatic N) is 1. The molecule has 0 aliphatic heterocycles. The van der Waals surface area contributed by atoms with Gasteiger partial charge in [0.15, 0.2) is 5.69 Å². The van der Waals surface area contributed by atoms with Gasteiger partial charge >= 0.3 is 0 Å². The van der Waals surface area contributed by atoms with Crippen LogP contribution in [0.25, 0.3) is 4.85 Å². The molecule has 0 heterocycles. The second kappa shape index (κ2) is 2.49. The van der Waals surface area contributed by atoms with Crippen LogP contribution in [0.5, 0.6) is 0 Å². The summed E-state index contributed by atoms with van der Waals surface area (Å²) in [6.07, 6.45) is 0. The third-order valence-electron chi connectivity index (χ3n) is 1.36. The van der Waals surface area contributed by atoms with Crippen molar-refractivity contribution < 1.29 is 4.39 Å². The minimum atomic E-state index is -0.312. The van der Waals surface area contributed by atoms with E-state index in [0.29, 0.717) is 11.3 Å². The first kappa shape index (κ1) is 6.76. The zero-order valence-electron chi connectivity index (χ0n) is 5.56. The zero-order valence-corrected chi connectivity index (χ0v) is 5.56. The molecule has 1 aromatic carbocycles. The van der Waals surface area contributed by atoms with Gasteiger partial charge in [-0.15, -0.1) is 0 Å². The van der Waals surface area contributed by atoms with Gasteiger partial charge in [0.05, 0.1) is 6.57 Å². The van der Waals surface area contributed by atoms with Crippen molar-refractivity contribution >= 4 is 5.69 Å². The normalized spacial score (nSPS) is 8.90. The highest BCUT2D eigenvalue weighted by molar-refractivity contribution is 5.51. The average molecular weight is 135 g/mol. The van der Waals surface area contributed by atoms with Crippen LogP contribution in [0, 0.1) is 19.3 Å². The van der Waals surface area contributed by atoms with Crippen LogP contribution in [0.4, 0.5) is 10.1 Å². The zero-order chi connectivity index (χ0) is 7.56. The smallest absolute Gasteiger partial charge is 0.193 e. The molecule has 0 bridgehead atoms. The fourth-order valence-electron chi connectivity index (χ4n) is 0.717. The van der Waals surface area contributed by atoms with E-state index in [0.717, 1.165) is 0 Å². The largest absolute Gasteiger partial charge is 0.238 e. The summed E-state index contributed by atoms with van der Waals surface area (Å²) >= 11 is 0. The topological polar surface area (TPSA) is 4.36 Å². The van der Waals surface area contributed by atoms with Crippen molar-refractivity contribution in [3.05, 3.63) is 41.0 Å². The second-order valence-corrected chi connectivity index (χ2v) is 2.00. The van der Waals surface area contributed by atoms with E-state index in [-0.39, 0.29) is 5.82 Å². The molecular weight excluding hydrogens is 129 g/mol. The lowest BCUT2D eigenvalue weighted by Gasteiger charge is -1.95. The highest BCUT2D eigenvalue weighted by Gasteiger charge is 2.00. The summed E-state index contributed by atoms with van der Waals surface area (Å²) in [6.45, 7) is 8.24. The van der Waals surface area contributed by atoms with Gasteiger partial charge in [-0.1, -0.05) is 12.1 Å². The van der Waals surface area contributed by atoms with Crippen molar-refractivity contribution in [1.82, 2.24) is 0 Å². The molecule has 0 saturated carbocycles. The molecule has 2 heteroatoms. The van der Waals surface area contributed by atoms with Crippen LogP contribution in [-0.4, -0.2) is 0 Å². The molecule has 0 fully saturated rings. The number of halogens is 1. The van der Waals surface area contributed by atoms with Gasteiger partial charge in [0, 0.05) is 0 Å². The first-order valence-corrected chi connectivity index (χ1v) is 2.88. The van der Waals surface area contributed by atoms with E-state index < -0.39 is 0 Å². The Hall–Kier alpha value is -1.36.